The fourth-order valence-electron chi connectivity index (χ4n) is 4.34. The minimum Gasteiger partial charge on any atom is -0.505 e. The van der Waals surface area contributed by atoms with E-state index in [1.807, 2.05) is 0 Å². The minimum atomic E-state index is -1.63. The molecule has 3 heterocycles. The molecule has 2 N–H and O–H groups in total. The fraction of sp³-hybridized carbons (Fsp3) is 0.115. The number of pyridine rings is 2. The largest absolute Gasteiger partial charge is 0.505 e. The summed E-state index contributed by atoms with van der Waals surface area (Å²) >= 11 is 0. The second-order valence-corrected chi connectivity index (χ2v) is 8.31. The molecule has 0 bridgehead atoms. The third-order valence-corrected chi connectivity index (χ3v) is 6.10. The van der Waals surface area contributed by atoms with Crippen molar-refractivity contribution in [2.45, 2.75) is 13.0 Å². The summed E-state index contributed by atoms with van der Waals surface area (Å²) in [5, 5.41) is 20.0. The Bertz CT molecular complexity index is 1590. The summed E-state index contributed by atoms with van der Waals surface area (Å²) in [5.41, 5.74) is 0.0542. The van der Waals surface area contributed by atoms with E-state index in [1.54, 1.807) is 30.3 Å². The van der Waals surface area contributed by atoms with E-state index in [0.29, 0.717) is 12.0 Å². The number of carbonyl (C=O) groups excluding carboxylic acids is 2. The Morgan fingerprint density at radius 2 is 1.56 bits per heavy atom. The third-order valence-electron chi connectivity index (χ3n) is 6.10. The number of hydrogen-bond acceptors (Lipinski definition) is 6. The molecule has 36 heavy (non-hydrogen) atoms. The van der Waals surface area contributed by atoms with Crippen molar-refractivity contribution < 1.29 is 29.0 Å². The molecular formula is C26H18FN3O6. The molecule has 0 atom stereocenters. The molecule has 2 aromatic carbocycles. The quantitative estimate of drug-likeness (QED) is 0.400. The molecule has 0 saturated carbocycles. The first-order valence-electron chi connectivity index (χ1n) is 10.9. The van der Waals surface area contributed by atoms with Gasteiger partial charge in [0.2, 0.25) is 0 Å². The number of carboxylic acid groups (broad SMARTS) is 1. The lowest BCUT2D eigenvalue weighted by atomic mass is 10.1. The molecule has 0 fully saturated rings. The molecule has 1 aliphatic heterocycles. The van der Waals surface area contributed by atoms with E-state index in [0.717, 1.165) is 15.0 Å². The van der Waals surface area contributed by atoms with Crippen LogP contribution in [0.25, 0.3) is 11.0 Å². The van der Waals surface area contributed by atoms with Gasteiger partial charge < -0.3 is 14.8 Å². The number of rotatable bonds is 6. The highest BCUT2D eigenvalue weighted by Gasteiger charge is 2.35. The van der Waals surface area contributed by atoms with Gasteiger partial charge in [0.05, 0.1) is 16.6 Å². The fourth-order valence-corrected chi connectivity index (χ4v) is 4.34. The van der Waals surface area contributed by atoms with E-state index in [9.17, 15) is 33.8 Å². The predicted molar refractivity (Wildman–Crippen MR) is 126 cm³/mol. The normalized spacial score (nSPS) is 12.9. The number of benzene rings is 2. The maximum atomic E-state index is 13.3. The molecule has 1 aliphatic rings. The maximum Gasteiger partial charge on any atom is 0.345 e. The van der Waals surface area contributed by atoms with Gasteiger partial charge >= 0.3 is 5.97 Å². The van der Waals surface area contributed by atoms with Crippen LogP contribution >= 0.6 is 0 Å². The van der Waals surface area contributed by atoms with Gasteiger partial charge in [-0.2, -0.15) is 0 Å². The smallest absolute Gasteiger partial charge is 0.345 e. The first-order valence-corrected chi connectivity index (χ1v) is 10.9. The molecule has 4 aromatic rings. The molecule has 10 heteroatoms. The minimum absolute atomic E-state index is 0.114. The van der Waals surface area contributed by atoms with Crippen LogP contribution < -0.4 is 5.56 Å². The standard InChI is InChI=1S/C26H18FN3O6/c27-16-7-5-14(6-8-16)11-15-12-19-21(28-13-15)22(31)20(26(35)36)25(34)29(19)9-10-30-23(32)17-3-1-2-4-18(17)24(30)33/h1-8,12-13,31H,9-11H2,(H,35,36). The first kappa shape index (κ1) is 22.9. The van der Waals surface area contributed by atoms with Crippen LogP contribution in [0.1, 0.15) is 42.2 Å². The number of aromatic carboxylic acids is 1. The van der Waals surface area contributed by atoms with E-state index in [1.165, 1.54) is 30.5 Å². The molecule has 9 nitrogen and oxygen atoms in total. The molecule has 5 rings (SSSR count). The van der Waals surface area contributed by atoms with E-state index < -0.39 is 34.7 Å². The molecular weight excluding hydrogens is 469 g/mol. The first-order chi connectivity index (χ1) is 17.3. The molecule has 0 saturated heterocycles. The average molecular weight is 487 g/mol. The Kier molecular flexibility index (Phi) is 5.56. The average Bonchev–Trinajstić information content (AvgIpc) is 3.10. The highest BCUT2D eigenvalue weighted by Crippen LogP contribution is 2.27. The van der Waals surface area contributed by atoms with Crippen molar-refractivity contribution in [2.24, 2.45) is 0 Å². The van der Waals surface area contributed by atoms with Gasteiger partial charge in [0.1, 0.15) is 11.3 Å². The molecule has 2 aromatic heterocycles. The van der Waals surface area contributed by atoms with Crippen LogP contribution in [0, 0.1) is 5.82 Å². The summed E-state index contributed by atoms with van der Waals surface area (Å²) in [6.07, 6.45) is 1.76. The van der Waals surface area contributed by atoms with Gasteiger partial charge in [-0.05, 0) is 47.9 Å². The number of aromatic nitrogens is 2. The van der Waals surface area contributed by atoms with Crippen molar-refractivity contribution in [3.8, 4) is 5.75 Å². The number of amides is 2. The number of hydrogen-bond donors (Lipinski definition) is 2. The van der Waals surface area contributed by atoms with Crippen molar-refractivity contribution >= 4 is 28.8 Å². The van der Waals surface area contributed by atoms with Gasteiger partial charge in [-0.15, -0.1) is 0 Å². The molecule has 0 radical (unpaired) electrons. The zero-order chi connectivity index (χ0) is 25.6. The third kappa shape index (κ3) is 3.78. The summed E-state index contributed by atoms with van der Waals surface area (Å²) in [4.78, 5) is 55.5. The van der Waals surface area contributed by atoms with Gasteiger partial charge in [-0.3, -0.25) is 24.3 Å². The van der Waals surface area contributed by atoms with Gasteiger partial charge in [0, 0.05) is 19.3 Å². The van der Waals surface area contributed by atoms with Crippen LogP contribution in [0.4, 0.5) is 4.39 Å². The maximum absolute atomic E-state index is 13.3. The number of halogens is 1. The summed E-state index contributed by atoms with van der Waals surface area (Å²) in [6.45, 7) is -0.420. The number of nitrogens with zero attached hydrogens (tertiary/aromatic N) is 3. The number of fused-ring (bicyclic) bond motifs is 2. The van der Waals surface area contributed by atoms with Crippen LogP contribution in [0.5, 0.6) is 5.75 Å². The summed E-state index contributed by atoms with van der Waals surface area (Å²) < 4.78 is 14.3. The van der Waals surface area contributed by atoms with E-state index in [4.69, 9.17) is 0 Å². The van der Waals surface area contributed by atoms with Gasteiger partial charge in [-0.1, -0.05) is 24.3 Å². The van der Waals surface area contributed by atoms with Crippen LogP contribution in [-0.2, 0) is 13.0 Å². The molecule has 0 unspecified atom stereocenters. The summed E-state index contributed by atoms with van der Waals surface area (Å²) in [7, 11) is 0. The van der Waals surface area contributed by atoms with Crippen LogP contribution in [0.3, 0.4) is 0 Å². The van der Waals surface area contributed by atoms with Crippen molar-refractivity contribution in [2.75, 3.05) is 6.54 Å². The van der Waals surface area contributed by atoms with Crippen molar-refractivity contribution in [3.63, 3.8) is 0 Å². The Balaban J connectivity index is 1.56. The van der Waals surface area contributed by atoms with Crippen LogP contribution in [0.15, 0.2) is 65.6 Å². The van der Waals surface area contributed by atoms with Crippen LogP contribution in [0.2, 0.25) is 0 Å². The number of carbonyl (C=O) groups is 3. The molecule has 0 spiro atoms. The van der Waals surface area contributed by atoms with Crippen LogP contribution in [-0.4, -0.2) is 49.0 Å². The Morgan fingerprint density at radius 3 is 2.17 bits per heavy atom. The summed E-state index contributed by atoms with van der Waals surface area (Å²) in [5.74, 6) is -3.82. The molecule has 2 amide bonds. The highest BCUT2D eigenvalue weighted by atomic mass is 19.1. The predicted octanol–water partition coefficient (Wildman–Crippen LogP) is 2.83. The monoisotopic (exact) mass is 487 g/mol. The highest BCUT2D eigenvalue weighted by molar-refractivity contribution is 6.21. The van der Waals surface area contributed by atoms with Gasteiger partial charge in [0.15, 0.2) is 11.3 Å². The number of imide groups is 1. The lowest BCUT2D eigenvalue weighted by Gasteiger charge is -2.18. The second-order valence-electron chi connectivity index (χ2n) is 8.31. The molecule has 0 aliphatic carbocycles. The van der Waals surface area contributed by atoms with E-state index in [-0.39, 0.29) is 41.1 Å². The van der Waals surface area contributed by atoms with Crippen molar-refractivity contribution in [3.05, 3.63) is 105 Å². The zero-order valence-corrected chi connectivity index (χ0v) is 18.6. The van der Waals surface area contributed by atoms with E-state index in [2.05, 4.69) is 4.98 Å². The Hall–Kier alpha value is -4.86. The zero-order valence-electron chi connectivity index (χ0n) is 18.6. The Labute approximate surface area is 202 Å². The van der Waals surface area contributed by atoms with Gasteiger partial charge in [-0.25, -0.2) is 9.18 Å². The summed E-state index contributed by atoms with van der Waals surface area (Å²) in [6, 6.07) is 13.7. The topological polar surface area (TPSA) is 130 Å². The van der Waals surface area contributed by atoms with Gasteiger partial charge in [0.25, 0.3) is 17.4 Å². The Morgan fingerprint density at radius 1 is 0.917 bits per heavy atom. The second kappa shape index (κ2) is 8.73. The van der Waals surface area contributed by atoms with Crippen molar-refractivity contribution in [1.82, 2.24) is 14.5 Å². The SMILES string of the molecule is O=C(O)c1c(O)c2ncc(Cc3ccc(F)cc3)cc2n(CCN2C(=O)c3ccccc3C2=O)c1=O. The molecule has 180 valence electrons. The number of carboxylic acids is 1. The number of aromatic hydroxyl groups is 1. The lowest BCUT2D eigenvalue weighted by Crippen LogP contribution is -2.36. The van der Waals surface area contributed by atoms with Crippen molar-refractivity contribution in [1.29, 1.82) is 0 Å². The lowest BCUT2D eigenvalue weighted by molar-refractivity contribution is 0.0642. The van der Waals surface area contributed by atoms with E-state index >= 15 is 0 Å².